The van der Waals surface area contributed by atoms with E-state index in [1.807, 2.05) is 28.8 Å². The van der Waals surface area contributed by atoms with Gasteiger partial charge in [-0.1, -0.05) is 6.07 Å². The molecule has 1 fully saturated rings. The zero-order chi connectivity index (χ0) is 19.0. The fraction of sp³-hybridized carbons (Fsp3) is 0.278. The number of carbonyl (C=O) groups is 1. The number of aromatic carboxylic acids is 1. The lowest BCUT2D eigenvalue weighted by molar-refractivity contribution is 0.0696. The Morgan fingerprint density at radius 2 is 1.74 bits per heavy atom. The summed E-state index contributed by atoms with van der Waals surface area (Å²) in [5.74, 6) is -0.0861. The van der Waals surface area contributed by atoms with Crippen LogP contribution in [0.2, 0.25) is 0 Å². The average molecular weight is 386 g/mol. The van der Waals surface area contributed by atoms with Gasteiger partial charge in [0.25, 0.3) is 0 Å². The number of benzene rings is 1. The van der Waals surface area contributed by atoms with Gasteiger partial charge in [-0.15, -0.1) is 10.2 Å². The van der Waals surface area contributed by atoms with Crippen molar-refractivity contribution < 1.29 is 18.3 Å². The predicted molar refractivity (Wildman–Crippen MR) is 97.1 cm³/mol. The highest BCUT2D eigenvalue weighted by Gasteiger charge is 2.31. The second-order valence-corrected chi connectivity index (χ2v) is 8.43. The molecular formula is C18H18N4O4S. The van der Waals surface area contributed by atoms with Gasteiger partial charge in [0.1, 0.15) is 5.82 Å². The van der Waals surface area contributed by atoms with Crippen LogP contribution in [0.4, 0.5) is 0 Å². The summed E-state index contributed by atoms with van der Waals surface area (Å²) in [5, 5.41) is 17.4. The number of hydrogen-bond acceptors (Lipinski definition) is 5. The SMILES string of the molecule is O=C(O)c1ccc(S(=O)(=O)N2CCC(c3nnc4ccccn34)CC2)cc1. The van der Waals surface area contributed by atoms with Crippen LogP contribution in [0.15, 0.2) is 53.6 Å². The molecule has 0 atom stereocenters. The van der Waals surface area contributed by atoms with Gasteiger partial charge in [0.15, 0.2) is 5.65 Å². The van der Waals surface area contributed by atoms with E-state index in [9.17, 15) is 13.2 Å². The largest absolute Gasteiger partial charge is 0.478 e. The Morgan fingerprint density at radius 1 is 1.04 bits per heavy atom. The quantitative estimate of drug-likeness (QED) is 0.735. The van der Waals surface area contributed by atoms with E-state index >= 15 is 0 Å². The highest BCUT2D eigenvalue weighted by Crippen LogP contribution is 2.30. The summed E-state index contributed by atoms with van der Waals surface area (Å²) in [6.45, 7) is 0.769. The number of carboxylic acids is 1. The van der Waals surface area contributed by atoms with Crippen molar-refractivity contribution in [1.29, 1.82) is 0 Å². The number of hydrogen-bond donors (Lipinski definition) is 1. The van der Waals surface area contributed by atoms with Crippen molar-refractivity contribution in [2.45, 2.75) is 23.7 Å². The zero-order valence-corrected chi connectivity index (χ0v) is 15.2. The maximum atomic E-state index is 12.8. The fourth-order valence-corrected chi connectivity index (χ4v) is 4.88. The number of carboxylic acid groups (broad SMARTS) is 1. The van der Waals surface area contributed by atoms with Crippen molar-refractivity contribution in [1.82, 2.24) is 18.9 Å². The number of piperidine rings is 1. The molecule has 8 nitrogen and oxygen atoms in total. The van der Waals surface area contributed by atoms with Crippen molar-refractivity contribution in [2.75, 3.05) is 13.1 Å². The maximum Gasteiger partial charge on any atom is 0.335 e. The molecule has 0 amide bonds. The van der Waals surface area contributed by atoms with E-state index in [1.165, 1.54) is 28.6 Å². The Bertz CT molecular complexity index is 1080. The first-order valence-electron chi connectivity index (χ1n) is 8.60. The van der Waals surface area contributed by atoms with Gasteiger partial charge in [-0.05, 0) is 49.2 Å². The van der Waals surface area contributed by atoms with E-state index in [0.29, 0.717) is 25.9 Å². The molecular weight excluding hydrogens is 368 g/mol. The third kappa shape index (κ3) is 3.19. The lowest BCUT2D eigenvalue weighted by Gasteiger charge is -2.30. The summed E-state index contributed by atoms with van der Waals surface area (Å²) >= 11 is 0. The van der Waals surface area contributed by atoms with Gasteiger partial charge in [-0.25, -0.2) is 13.2 Å². The number of aromatic nitrogens is 3. The van der Waals surface area contributed by atoms with Crippen LogP contribution >= 0.6 is 0 Å². The lowest BCUT2D eigenvalue weighted by atomic mass is 9.97. The molecule has 1 aliphatic rings. The molecule has 27 heavy (non-hydrogen) atoms. The third-order valence-corrected chi connectivity index (χ3v) is 6.81. The van der Waals surface area contributed by atoms with Crippen LogP contribution < -0.4 is 0 Å². The molecule has 0 saturated carbocycles. The molecule has 1 aliphatic heterocycles. The van der Waals surface area contributed by atoms with E-state index in [2.05, 4.69) is 10.2 Å². The number of pyridine rings is 1. The lowest BCUT2D eigenvalue weighted by Crippen LogP contribution is -2.38. The minimum Gasteiger partial charge on any atom is -0.478 e. The minimum absolute atomic E-state index is 0.0614. The van der Waals surface area contributed by atoms with Crippen molar-refractivity contribution >= 4 is 21.6 Å². The van der Waals surface area contributed by atoms with Crippen LogP contribution in [0.3, 0.4) is 0 Å². The van der Waals surface area contributed by atoms with E-state index in [4.69, 9.17) is 5.11 Å². The van der Waals surface area contributed by atoms with Crippen LogP contribution in [0, 0.1) is 0 Å². The van der Waals surface area contributed by atoms with Crippen molar-refractivity contribution in [2.24, 2.45) is 0 Å². The summed E-state index contributed by atoms with van der Waals surface area (Å²) < 4.78 is 29.0. The highest BCUT2D eigenvalue weighted by atomic mass is 32.2. The predicted octanol–water partition coefficient (Wildman–Crippen LogP) is 2.00. The summed E-state index contributed by atoms with van der Waals surface area (Å²) in [4.78, 5) is 11.0. The van der Waals surface area contributed by atoms with Gasteiger partial charge in [0.2, 0.25) is 10.0 Å². The molecule has 140 valence electrons. The van der Waals surface area contributed by atoms with Gasteiger partial charge in [0.05, 0.1) is 10.5 Å². The monoisotopic (exact) mass is 386 g/mol. The number of sulfonamides is 1. The molecule has 9 heteroatoms. The molecule has 3 aromatic rings. The standard InChI is InChI=1S/C18H18N4O4S/c23-18(24)14-4-6-15(7-5-14)27(25,26)21-11-8-13(9-12-21)17-20-19-16-3-1-2-10-22(16)17/h1-7,10,13H,8-9,11-12H2,(H,23,24). The van der Waals surface area contributed by atoms with E-state index in [0.717, 1.165) is 11.5 Å². The molecule has 0 aliphatic carbocycles. The molecule has 3 heterocycles. The smallest absolute Gasteiger partial charge is 0.335 e. The van der Waals surface area contributed by atoms with Gasteiger partial charge in [-0.3, -0.25) is 4.40 Å². The summed E-state index contributed by atoms with van der Waals surface area (Å²) in [5.41, 5.74) is 0.840. The molecule has 0 bridgehead atoms. The van der Waals surface area contributed by atoms with Crippen LogP contribution in [0.1, 0.15) is 34.9 Å². The normalized spacial score (nSPS) is 16.6. The highest BCUT2D eigenvalue weighted by molar-refractivity contribution is 7.89. The average Bonchev–Trinajstić information content (AvgIpc) is 3.12. The second-order valence-electron chi connectivity index (χ2n) is 6.49. The van der Waals surface area contributed by atoms with Gasteiger partial charge in [-0.2, -0.15) is 4.31 Å². The van der Waals surface area contributed by atoms with Gasteiger partial charge >= 0.3 is 5.97 Å². The second kappa shape index (κ2) is 6.75. The van der Waals surface area contributed by atoms with Crippen LogP contribution in [-0.2, 0) is 10.0 Å². The molecule has 0 radical (unpaired) electrons. The molecule has 0 unspecified atom stereocenters. The summed E-state index contributed by atoms with van der Waals surface area (Å²) in [6, 6.07) is 11.0. The first kappa shape index (κ1) is 17.6. The Hall–Kier alpha value is -2.78. The Labute approximate surface area is 156 Å². The van der Waals surface area contributed by atoms with Crippen molar-refractivity contribution in [3.8, 4) is 0 Å². The van der Waals surface area contributed by atoms with Crippen molar-refractivity contribution in [3.63, 3.8) is 0 Å². The van der Waals surface area contributed by atoms with Gasteiger partial charge in [0, 0.05) is 25.2 Å². The molecule has 4 rings (SSSR count). The number of nitrogens with zero attached hydrogens (tertiary/aromatic N) is 4. The Kier molecular flexibility index (Phi) is 4.40. The van der Waals surface area contributed by atoms with Crippen molar-refractivity contribution in [3.05, 3.63) is 60.0 Å². The number of rotatable bonds is 4. The third-order valence-electron chi connectivity index (χ3n) is 4.90. The fourth-order valence-electron chi connectivity index (χ4n) is 3.41. The molecule has 1 N–H and O–H groups in total. The minimum atomic E-state index is -3.64. The maximum absolute atomic E-state index is 12.8. The summed E-state index contributed by atoms with van der Waals surface area (Å²) in [7, 11) is -3.64. The first-order valence-corrected chi connectivity index (χ1v) is 10.0. The van der Waals surface area contributed by atoms with Gasteiger partial charge < -0.3 is 5.11 Å². The van der Waals surface area contributed by atoms with E-state index < -0.39 is 16.0 Å². The summed E-state index contributed by atoms with van der Waals surface area (Å²) in [6.07, 6.45) is 3.22. The van der Waals surface area contributed by atoms with E-state index in [-0.39, 0.29) is 16.4 Å². The molecule has 2 aromatic heterocycles. The van der Waals surface area contributed by atoms with Crippen LogP contribution in [-0.4, -0.2) is 51.5 Å². The Morgan fingerprint density at radius 3 is 2.41 bits per heavy atom. The van der Waals surface area contributed by atoms with Crippen LogP contribution in [0.5, 0.6) is 0 Å². The molecule has 1 aromatic carbocycles. The first-order chi connectivity index (χ1) is 13.0. The Balaban J connectivity index is 1.50. The van der Waals surface area contributed by atoms with Crippen LogP contribution in [0.25, 0.3) is 5.65 Å². The molecule has 1 saturated heterocycles. The topological polar surface area (TPSA) is 105 Å². The van der Waals surface area contributed by atoms with E-state index in [1.54, 1.807) is 0 Å². The molecule has 0 spiro atoms. The zero-order valence-electron chi connectivity index (χ0n) is 14.4. The number of fused-ring (bicyclic) bond motifs is 1.